The van der Waals surface area contributed by atoms with E-state index in [2.05, 4.69) is 15.6 Å². The van der Waals surface area contributed by atoms with Crippen molar-refractivity contribution in [3.05, 3.63) is 44.6 Å². The van der Waals surface area contributed by atoms with Crippen LogP contribution in [0.5, 0.6) is 0 Å². The first-order chi connectivity index (χ1) is 21.8. The number of nitrogen functional groups attached to an aromatic ring is 1. The van der Waals surface area contributed by atoms with Gasteiger partial charge in [-0.3, -0.25) is 9.59 Å². The highest BCUT2D eigenvalue weighted by Crippen LogP contribution is 2.30. The van der Waals surface area contributed by atoms with Crippen molar-refractivity contribution in [3.8, 4) is 0 Å². The van der Waals surface area contributed by atoms with Gasteiger partial charge >= 0.3 is 6.03 Å². The van der Waals surface area contributed by atoms with Gasteiger partial charge in [-0.15, -0.1) is 11.3 Å². The molecule has 0 radical (unpaired) electrons. The minimum atomic E-state index is -0.462. The van der Waals surface area contributed by atoms with Crippen LogP contribution in [0.15, 0.2) is 22.9 Å². The molecule has 1 aromatic heterocycles. The van der Waals surface area contributed by atoms with E-state index >= 15 is 0 Å². The van der Waals surface area contributed by atoms with E-state index in [4.69, 9.17) is 17.3 Å². The zero-order valence-electron chi connectivity index (χ0n) is 26.4. The topological polar surface area (TPSA) is 102 Å². The Kier molecular flexibility index (Phi) is 10.2. The van der Waals surface area contributed by atoms with Gasteiger partial charge in [-0.25, -0.2) is 4.79 Å². The average molecular weight is 655 g/mol. The molecule has 11 heteroatoms. The number of thiophene rings is 1. The summed E-state index contributed by atoms with van der Waals surface area (Å²) >= 11 is 8.05. The molecule has 3 saturated heterocycles. The largest absolute Gasteiger partial charge is 0.397 e. The number of nitrogens with one attached hydrogen (secondary N) is 1. The number of hydrogen-bond acceptors (Lipinski definition) is 6. The zero-order chi connectivity index (χ0) is 31.5. The van der Waals surface area contributed by atoms with Crippen LogP contribution in [0.1, 0.15) is 68.1 Å². The third-order valence-electron chi connectivity index (χ3n) is 10.5. The number of amides is 4. The molecule has 6 rings (SSSR count). The Labute approximate surface area is 276 Å². The number of piperidine rings is 3. The number of fused-ring (bicyclic) bond motifs is 1. The minimum absolute atomic E-state index is 0.00968. The molecular formula is C34H47ClN6O3S. The highest BCUT2D eigenvalue weighted by Gasteiger charge is 2.35. The lowest BCUT2D eigenvalue weighted by Gasteiger charge is -2.41. The second-order valence-electron chi connectivity index (χ2n) is 13.4. The van der Waals surface area contributed by atoms with Crippen LogP contribution < -0.4 is 11.1 Å². The summed E-state index contributed by atoms with van der Waals surface area (Å²) in [5.74, 6) is -0.388. The summed E-state index contributed by atoms with van der Waals surface area (Å²) < 4.78 is 0. The van der Waals surface area contributed by atoms with E-state index in [0.29, 0.717) is 42.8 Å². The van der Waals surface area contributed by atoms with E-state index in [1.54, 1.807) is 11.3 Å². The van der Waals surface area contributed by atoms with E-state index in [0.717, 1.165) is 62.0 Å². The van der Waals surface area contributed by atoms with Crippen LogP contribution >= 0.6 is 22.9 Å². The van der Waals surface area contributed by atoms with Crippen molar-refractivity contribution >= 4 is 52.2 Å². The number of rotatable bonds is 7. The molecular weight excluding hydrogens is 608 g/mol. The second-order valence-corrected chi connectivity index (χ2v) is 14.5. The molecule has 45 heavy (non-hydrogen) atoms. The summed E-state index contributed by atoms with van der Waals surface area (Å²) in [6.07, 6.45) is 8.77. The molecule has 0 spiro atoms. The van der Waals surface area contributed by atoms with Gasteiger partial charge in [0, 0.05) is 56.6 Å². The highest BCUT2D eigenvalue weighted by molar-refractivity contribution is 7.08. The first kappa shape index (κ1) is 32.1. The van der Waals surface area contributed by atoms with Crippen molar-refractivity contribution < 1.29 is 14.4 Å². The van der Waals surface area contributed by atoms with Crippen molar-refractivity contribution in [1.29, 1.82) is 0 Å². The summed E-state index contributed by atoms with van der Waals surface area (Å²) in [6.45, 7) is 7.59. The predicted molar refractivity (Wildman–Crippen MR) is 181 cm³/mol. The molecule has 3 N–H and O–H groups in total. The third-order valence-corrected chi connectivity index (χ3v) is 11.6. The number of carbonyl (C=O) groups is 3. The average Bonchev–Trinajstić information content (AvgIpc) is 3.43. The van der Waals surface area contributed by atoms with E-state index in [9.17, 15) is 14.4 Å². The van der Waals surface area contributed by atoms with Gasteiger partial charge < -0.3 is 30.7 Å². The van der Waals surface area contributed by atoms with Gasteiger partial charge in [0.15, 0.2) is 0 Å². The Morgan fingerprint density at radius 1 is 0.956 bits per heavy atom. The molecule has 0 aliphatic carbocycles. The van der Waals surface area contributed by atoms with Crippen molar-refractivity contribution in [2.75, 3.05) is 56.9 Å². The zero-order valence-corrected chi connectivity index (χ0v) is 28.0. The van der Waals surface area contributed by atoms with Gasteiger partial charge in [-0.05, 0) is 99.5 Å². The summed E-state index contributed by atoms with van der Waals surface area (Å²) in [7, 11) is 0. The Morgan fingerprint density at radius 3 is 2.36 bits per heavy atom. The maximum atomic E-state index is 14.1. The maximum Gasteiger partial charge on any atom is 0.322 e. The lowest BCUT2D eigenvalue weighted by Crippen LogP contribution is -2.51. The molecule has 1 aromatic carbocycles. The highest BCUT2D eigenvalue weighted by atomic mass is 35.5. The number of likely N-dealkylation sites (tertiary alicyclic amines) is 3. The number of carbonyl (C=O) groups excluding carboxylic acids is 3. The normalized spacial score (nSPS) is 21.3. The van der Waals surface area contributed by atoms with Gasteiger partial charge in [-0.2, -0.15) is 0 Å². The molecule has 0 saturated carbocycles. The number of hydrogen-bond donors (Lipinski definition) is 2. The number of aryl methyl sites for hydroxylation is 1. The van der Waals surface area contributed by atoms with Crippen LogP contribution in [0, 0.1) is 12.8 Å². The summed E-state index contributed by atoms with van der Waals surface area (Å²) in [6, 6.07) is 4.43. The Bertz CT molecular complexity index is 1350. The number of benzene rings is 1. The van der Waals surface area contributed by atoms with Crippen molar-refractivity contribution in [2.45, 2.75) is 83.2 Å². The molecule has 4 aliphatic rings. The number of nitrogens with zero attached hydrogens (tertiary/aromatic N) is 4. The lowest BCUT2D eigenvalue weighted by molar-refractivity contribution is -0.143. The molecule has 4 amide bonds. The quantitative estimate of drug-likeness (QED) is 0.390. The van der Waals surface area contributed by atoms with Crippen LogP contribution in [0.4, 0.5) is 16.2 Å². The van der Waals surface area contributed by atoms with E-state index < -0.39 is 5.92 Å². The minimum Gasteiger partial charge on any atom is -0.397 e. The summed E-state index contributed by atoms with van der Waals surface area (Å²) in [5.41, 5.74) is 10.6. The smallest absolute Gasteiger partial charge is 0.322 e. The van der Waals surface area contributed by atoms with E-state index in [1.165, 1.54) is 37.9 Å². The van der Waals surface area contributed by atoms with Crippen LogP contribution in [-0.2, 0) is 22.4 Å². The molecule has 0 bridgehead atoms. The fourth-order valence-electron chi connectivity index (χ4n) is 7.74. The molecule has 5 heterocycles. The van der Waals surface area contributed by atoms with E-state index in [-0.39, 0.29) is 30.3 Å². The van der Waals surface area contributed by atoms with Gasteiger partial charge in [0.1, 0.15) is 0 Å². The SMILES string of the molecule is Cc1cc(C[C@@H](CC(=O)N2CCC(N3CCc4cscc4NC3=O)CC2)C(=O)N2CCC(N3CCCCC3)CC2)cc(Cl)c1N. The molecule has 3 fully saturated rings. The van der Waals surface area contributed by atoms with Gasteiger partial charge in [0.25, 0.3) is 0 Å². The monoisotopic (exact) mass is 654 g/mol. The lowest BCUT2D eigenvalue weighted by atomic mass is 9.91. The number of anilines is 2. The van der Waals surface area contributed by atoms with Crippen LogP contribution in [0.3, 0.4) is 0 Å². The van der Waals surface area contributed by atoms with Crippen LogP contribution in [0.2, 0.25) is 5.02 Å². The predicted octanol–water partition coefficient (Wildman–Crippen LogP) is 5.40. The van der Waals surface area contributed by atoms with Gasteiger partial charge in [0.05, 0.1) is 22.3 Å². The molecule has 1 atom stereocenters. The molecule has 9 nitrogen and oxygen atoms in total. The fraction of sp³-hybridized carbons (Fsp3) is 0.618. The third kappa shape index (κ3) is 7.44. The Balaban J connectivity index is 1.09. The number of urea groups is 1. The first-order valence-corrected chi connectivity index (χ1v) is 18.1. The molecule has 0 unspecified atom stereocenters. The van der Waals surface area contributed by atoms with Gasteiger partial charge in [0.2, 0.25) is 11.8 Å². The second kappa shape index (κ2) is 14.3. The maximum absolute atomic E-state index is 14.1. The van der Waals surface area contributed by atoms with Crippen molar-refractivity contribution in [2.24, 2.45) is 5.92 Å². The van der Waals surface area contributed by atoms with E-state index in [1.807, 2.05) is 39.1 Å². The van der Waals surface area contributed by atoms with Crippen molar-refractivity contribution in [1.82, 2.24) is 19.6 Å². The standard InChI is InChI=1S/C34H47ClN6O3S/c1-23-17-24(19-29(35)32(23)36)18-26(33(43)40-14-6-27(7-15-40)38-10-3-2-4-11-38)20-31(42)39-12-8-28(9-13-39)41-16-5-25-21-45-22-30(25)37-34(41)44/h17,19,21-22,26-28H,2-16,18,20,36H2,1H3,(H,37,44)/t26-/m0/s1. The van der Waals surface area contributed by atoms with Crippen LogP contribution in [0.25, 0.3) is 0 Å². The molecule has 4 aliphatic heterocycles. The fourth-order valence-corrected chi connectivity index (χ4v) is 8.85. The Morgan fingerprint density at radius 2 is 1.64 bits per heavy atom. The van der Waals surface area contributed by atoms with Crippen LogP contribution in [-0.4, -0.2) is 95.3 Å². The van der Waals surface area contributed by atoms with Crippen molar-refractivity contribution in [3.63, 3.8) is 0 Å². The number of nitrogens with two attached hydrogens (primary N) is 1. The summed E-state index contributed by atoms with van der Waals surface area (Å²) in [4.78, 5) is 49.3. The Hall–Kier alpha value is -2.82. The summed E-state index contributed by atoms with van der Waals surface area (Å²) in [5, 5.41) is 7.65. The van der Waals surface area contributed by atoms with Gasteiger partial charge in [-0.1, -0.05) is 24.1 Å². The molecule has 244 valence electrons. The molecule has 2 aromatic rings. The number of halogens is 1. The first-order valence-electron chi connectivity index (χ1n) is 16.7.